The van der Waals surface area contributed by atoms with E-state index in [2.05, 4.69) is 25.6 Å². The maximum atomic E-state index is 13.2. The van der Waals surface area contributed by atoms with Crippen molar-refractivity contribution in [1.82, 2.24) is 20.3 Å². The monoisotopic (exact) mass is 435 g/mol. The summed E-state index contributed by atoms with van der Waals surface area (Å²) in [5, 5.41) is 5.94. The average molecular weight is 436 g/mol. The molecule has 1 saturated heterocycles. The Morgan fingerprint density at radius 2 is 1.88 bits per heavy atom. The van der Waals surface area contributed by atoms with E-state index < -0.39 is 0 Å². The molecule has 1 aliphatic rings. The van der Waals surface area contributed by atoms with E-state index in [1.54, 1.807) is 0 Å². The Kier molecular flexibility index (Phi) is 6.74. The van der Waals surface area contributed by atoms with Crippen LogP contribution in [-0.2, 0) is 11.3 Å². The van der Waals surface area contributed by atoms with Crippen molar-refractivity contribution < 1.29 is 9.18 Å². The van der Waals surface area contributed by atoms with Crippen molar-refractivity contribution in [1.29, 1.82) is 0 Å². The van der Waals surface area contributed by atoms with Gasteiger partial charge in [-0.1, -0.05) is 42.5 Å². The van der Waals surface area contributed by atoms with Crippen LogP contribution in [0.4, 0.5) is 22.2 Å². The number of hydrogen-bond donors (Lipinski definition) is 3. The van der Waals surface area contributed by atoms with Gasteiger partial charge in [0, 0.05) is 38.5 Å². The SMILES string of the molecule is Nc1nc(NCCC(=O)NCc2ccccc2)nc(N2CCC(c3ccc(F)cc3)C2)n1. The van der Waals surface area contributed by atoms with E-state index in [-0.39, 0.29) is 30.0 Å². The van der Waals surface area contributed by atoms with Gasteiger partial charge in [-0.25, -0.2) is 4.39 Å². The summed E-state index contributed by atoms with van der Waals surface area (Å²) >= 11 is 0. The van der Waals surface area contributed by atoms with Gasteiger partial charge in [0.25, 0.3) is 0 Å². The summed E-state index contributed by atoms with van der Waals surface area (Å²) < 4.78 is 13.2. The molecule has 8 nitrogen and oxygen atoms in total. The number of nitrogens with two attached hydrogens (primary N) is 1. The van der Waals surface area contributed by atoms with Crippen molar-refractivity contribution in [2.45, 2.75) is 25.3 Å². The first-order valence-corrected chi connectivity index (χ1v) is 10.6. The minimum Gasteiger partial charge on any atom is -0.368 e. The topological polar surface area (TPSA) is 109 Å². The lowest BCUT2D eigenvalue weighted by molar-refractivity contribution is -0.121. The van der Waals surface area contributed by atoms with Crippen molar-refractivity contribution in [3.8, 4) is 0 Å². The normalized spacial score (nSPS) is 15.5. The summed E-state index contributed by atoms with van der Waals surface area (Å²) in [5.41, 5.74) is 8.03. The van der Waals surface area contributed by atoms with Crippen LogP contribution in [0, 0.1) is 5.82 Å². The van der Waals surface area contributed by atoms with Crippen LogP contribution in [0.2, 0.25) is 0 Å². The Labute approximate surface area is 186 Å². The third kappa shape index (κ3) is 5.69. The highest BCUT2D eigenvalue weighted by Gasteiger charge is 2.26. The van der Waals surface area contributed by atoms with E-state index in [4.69, 9.17) is 5.73 Å². The maximum Gasteiger partial charge on any atom is 0.231 e. The van der Waals surface area contributed by atoms with Crippen LogP contribution >= 0.6 is 0 Å². The number of anilines is 3. The zero-order chi connectivity index (χ0) is 22.3. The molecular weight excluding hydrogens is 409 g/mol. The Balaban J connectivity index is 1.29. The fourth-order valence-electron chi connectivity index (χ4n) is 3.72. The summed E-state index contributed by atoms with van der Waals surface area (Å²) in [6, 6.07) is 16.4. The Bertz CT molecular complexity index is 1050. The first-order chi connectivity index (χ1) is 15.6. The van der Waals surface area contributed by atoms with Crippen molar-refractivity contribution >= 4 is 23.8 Å². The third-order valence-electron chi connectivity index (χ3n) is 5.42. The molecule has 1 atom stereocenters. The molecule has 0 aliphatic carbocycles. The van der Waals surface area contributed by atoms with E-state index in [1.807, 2.05) is 47.4 Å². The van der Waals surface area contributed by atoms with Gasteiger partial charge in [0.05, 0.1) is 0 Å². The average Bonchev–Trinajstić information content (AvgIpc) is 3.29. The number of nitrogens with one attached hydrogen (secondary N) is 2. The van der Waals surface area contributed by atoms with Gasteiger partial charge in [-0.15, -0.1) is 0 Å². The summed E-state index contributed by atoms with van der Waals surface area (Å²) in [6.07, 6.45) is 1.20. The van der Waals surface area contributed by atoms with Crippen LogP contribution in [-0.4, -0.2) is 40.5 Å². The van der Waals surface area contributed by atoms with Crippen molar-refractivity contribution in [3.05, 3.63) is 71.5 Å². The number of amides is 1. The van der Waals surface area contributed by atoms with E-state index in [0.29, 0.717) is 25.0 Å². The molecule has 0 spiro atoms. The summed E-state index contributed by atoms with van der Waals surface area (Å²) in [5.74, 6) is 0.935. The smallest absolute Gasteiger partial charge is 0.231 e. The van der Waals surface area contributed by atoms with Gasteiger partial charge in [0.15, 0.2) is 0 Å². The standard InChI is InChI=1S/C23H26FN7O/c24-19-8-6-17(7-9-19)18-11-13-31(15-18)23-29-21(25)28-22(30-23)26-12-10-20(32)27-14-16-4-2-1-3-5-16/h1-9,18H,10-15H2,(H,27,32)(H3,25,26,28,29,30). The molecule has 1 aromatic heterocycles. The second kappa shape index (κ2) is 10.0. The summed E-state index contributed by atoms with van der Waals surface area (Å²) in [6.45, 7) is 2.36. The van der Waals surface area contributed by atoms with Crippen molar-refractivity contribution in [2.75, 3.05) is 35.6 Å². The maximum absolute atomic E-state index is 13.2. The van der Waals surface area contributed by atoms with Crippen LogP contribution in [0.1, 0.15) is 29.9 Å². The minimum atomic E-state index is -0.238. The van der Waals surface area contributed by atoms with Crippen LogP contribution in [0.15, 0.2) is 54.6 Å². The Hall–Kier alpha value is -3.75. The quantitative estimate of drug-likeness (QED) is 0.499. The summed E-state index contributed by atoms with van der Waals surface area (Å²) in [7, 11) is 0. The number of hydrogen-bond acceptors (Lipinski definition) is 7. The second-order valence-electron chi connectivity index (χ2n) is 7.74. The molecule has 3 aromatic rings. The fourth-order valence-corrected chi connectivity index (χ4v) is 3.72. The number of carbonyl (C=O) groups is 1. The molecule has 9 heteroatoms. The molecule has 0 bridgehead atoms. The van der Waals surface area contributed by atoms with Gasteiger partial charge in [0.1, 0.15) is 5.82 Å². The number of nitrogen functional groups attached to an aromatic ring is 1. The molecule has 2 heterocycles. The first-order valence-electron chi connectivity index (χ1n) is 10.6. The highest BCUT2D eigenvalue weighted by Crippen LogP contribution is 2.29. The number of aromatic nitrogens is 3. The van der Waals surface area contributed by atoms with E-state index in [0.717, 1.165) is 30.6 Å². The molecule has 1 unspecified atom stereocenters. The van der Waals surface area contributed by atoms with Crippen LogP contribution in [0.25, 0.3) is 0 Å². The number of halogens is 1. The molecule has 4 N–H and O–H groups in total. The van der Waals surface area contributed by atoms with Gasteiger partial charge in [-0.05, 0) is 29.7 Å². The largest absolute Gasteiger partial charge is 0.368 e. The van der Waals surface area contributed by atoms with Gasteiger partial charge in [-0.3, -0.25) is 4.79 Å². The lowest BCUT2D eigenvalue weighted by atomic mass is 9.99. The van der Waals surface area contributed by atoms with Crippen molar-refractivity contribution in [3.63, 3.8) is 0 Å². The van der Waals surface area contributed by atoms with E-state index in [9.17, 15) is 9.18 Å². The molecule has 2 aromatic carbocycles. The zero-order valence-electron chi connectivity index (χ0n) is 17.7. The number of nitrogens with zero attached hydrogens (tertiary/aromatic N) is 4. The van der Waals surface area contributed by atoms with Crippen LogP contribution in [0.3, 0.4) is 0 Å². The van der Waals surface area contributed by atoms with Crippen LogP contribution < -0.4 is 21.3 Å². The van der Waals surface area contributed by atoms with E-state index >= 15 is 0 Å². The predicted molar refractivity (Wildman–Crippen MR) is 122 cm³/mol. The predicted octanol–water partition coefficient (Wildman–Crippen LogP) is 2.71. The number of rotatable bonds is 8. The lowest BCUT2D eigenvalue weighted by Gasteiger charge is -2.17. The molecular formula is C23H26FN7O. The molecule has 4 rings (SSSR count). The molecule has 0 saturated carbocycles. The van der Waals surface area contributed by atoms with Gasteiger partial charge < -0.3 is 21.3 Å². The lowest BCUT2D eigenvalue weighted by Crippen LogP contribution is -2.26. The highest BCUT2D eigenvalue weighted by molar-refractivity contribution is 5.76. The minimum absolute atomic E-state index is 0.0645. The molecule has 166 valence electrons. The zero-order valence-corrected chi connectivity index (χ0v) is 17.7. The Morgan fingerprint density at radius 1 is 1.09 bits per heavy atom. The van der Waals surface area contributed by atoms with E-state index in [1.165, 1.54) is 12.1 Å². The number of carbonyl (C=O) groups excluding carboxylic acids is 1. The Morgan fingerprint density at radius 3 is 2.66 bits per heavy atom. The molecule has 0 radical (unpaired) electrons. The van der Waals surface area contributed by atoms with Crippen molar-refractivity contribution in [2.24, 2.45) is 0 Å². The second-order valence-corrected chi connectivity index (χ2v) is 7.74. The van der Waals surface area contributed by atoms with Gasteiger partial charge in [0.2, 0.25) is 23.8 Å². The number of benzene rings is 2. The molecule has 1 fully saturated rings. The third-order valence-corrected chi connectivity index (χ3v) is 5.42. The molecule has 32 heavy (non-hydrogen) atoms. The fraction of sp³-hybridized carbons (Fsp3) is 0.304. The van der Waals surface area contributed by atoms with Gasteiger partial charge in [-0.2, -0.15) is 15.0 Å². The van der Waals surface area contributed by atoms with Crippen LogP contribution in [0.5, 0.6) is 0 Å². The molecule has 1 aliphatic heterocycles. The van der Waals surface area contributed by atoms with Gasteiger partial charge >= 0.3 is 0 Å². The highest BCUT2D eigenvalue weighted by atomic mass is 19.1. The summed E-state index contributed by atoms with van der Waals surface area (Å²) in [4.78, 5) is 27.0. The first kappa shape index (κ1) is 21.5. The molecule has 1 amide bonds.